The van der Waals surface area contributed by atoms with Crippen molar-refractivity contribution >= 4 is 5.69 Å². The molecule has 2 N–H and O–H groups in total. The molecule has 1 fully saturated rings. The fraction of sp³-hybridized carbons (Fsp3) is 0.400. The fourth-order valence-electron chi connectivity index (χ4n) is 1.31. The highest BCUT2D eigenvalue weighted by Crippen LogP contribution is 2.22. The zero-order valence-electron chi connectivity index (χ0n) is 7.32. The van der Waals surface area contributed by atoms with Crippen LogP contribution in [0.15, 0.2) is 18.2 Å². The largest absolute Gasteiger partial charge is 0.486 e. The van der Waals surface area contributed by atoms with Crippen molar-refractivity contribution in [1.82, 2.24) is 0 Å². The van der Waals surface area contributed by atoms with Crippen molar-refractivity contribution in [3.63, 3.8) is 0 Å². The molecule has 0 aliphatic carbocycles. The molecule has 0 spiro atoms. The van der Waals surface area contributed by atoms with Crippen molar-refractivity contribution in [2.24, 2.45) is 0 Å². The molecule has 1 atom stereocenters. The maximum absolute atomic E-state index is 5.71. The number of anilines is 1. The SMILES string of the molecule is Nc1cc[c]cc1OC1CCOC1. The first-order chi connectivity index (χ1) is 6.36. The van der Waals surface area contributed by atoms with E-state index in [1.807, 2.05) is 0 Å². The highest BCUT2D eigenvalue weighted by atomic mass is 16.5. The van der Waals surface area contributed by atoms with Gasteiger partial charge in [0, 0.05) is 6.42 Å². The summed E-state index contributed by atoms with van der Waals surface area (Å²) in [5, 5.41) is 0. The lowest BCUT2D eigenvalue weighted by molar-refractivity contribution is 0.142. The molecule has 69 valence electrons. The van der Waals surface area contributed by atoms with Gasteiger partial charge in [0.2, 0.25) is 0 Å². The van der Waals surface area contributed by atoms with E-state index in [9.17, 15) is 0 Å². The summed E-state index contributed by atoms with van der Waals surface area (Å²) < 4.78 is 10.8. The predicted molar refractivity (Wildman–Crippen MR) is 49.5 cm³/mol. The van der Waals surface area contributed by atoms with Crippen LogP contribution in [0.2, 0.25) is 0 Å². The van der Waals surface area contributed by atoms with Crippen molar-refractivity contribution in [3.05, 3.63) is 24.3 Å². The van der Waals surface area contributed by atoms with E-state index in [0.717, 1.165) is 13.0 Å². The Morgan fingerprint density at radius 2 is 2.54 bits per heavy atom. The van der Waals surface area contributed by atoms with Crippen LogP contribution in [0, 0.1) is 6.07 Å². The summed E-state index contributed by atoms with van der Waals surface area (Å²) >= 11 is 0. The maximum atomic E-state index is 5.71. The standard InChI is InChI=1S/C10H12NO2/c11-9-3-1-2-4-10(9)13-8-5-6-12-7-8/h1,3-4,8H,5-7,11H2. The lowest BCUT2D eigenvalue weighted by atomic mass is 10.3. The zero-order chi connectivity index (χ0) is 9.10. The molecule has 1 aromatic carbocycles. The molecule has 0 aromatic heterocycles. The molecule has 0 saturated carbocycles. The van der Waals surface area contributed by atoms with Gasteiger partial charge in [-0.2, -0.15) is 0 Å². The summed E-state index contributed by atoms with van der Waals surface area (Å²) in [6.07, 6.45) is 1.09. The summed E-state index contributed by atoms with van der Waals surface area (Å²) in [7, 11) is 0. The van der Waals surface area contributed by atoms with Gasteiger partial charge in [-0.3, -0.25) is 0 Å². The molecule has 1 aliphatic heterocycles. The fourth-order valence-corrected chi connectivity index (χ4v) is 1.31. The normalized spacial score (nSPS) is 21.7. The number of benzene rings is 1. The van der Waals surface area contributed by atoms with E-state index in [1.54, 1.807) is 18.2 Å². The molecule has 13 heavy (non-hydrogen) atoms. The zero-order valence-corrected chi connectivity index (χ0v) is 7.32. The summed E-state index contributed by atoms with van der Waals surface area (Å²) in [5.41, 5.74) is 6.37. The Bertz CT molecular complexity index is 282. The Kier molecular flexibility index (Phi) is 2.36. The second-order valence-corrected chi connectivity index (χ2v) is 3.07. The lowest BCUT2D eigenvalue weighted by Crippen LogP contribution is -2.16. The monoisotopic (exact) mass is 178 g/mol. The first-order valence-corrected chi connectivity index (χ1v) is 4.36. The molecule has 2 rings (SSSR count). The van der Waals surface area contributed by atoms with Gasteiger partial charge in [0.05, 0.1) is 18.9 Å². The minimum atomic E-state index is 0.151. The Morgan fingerprint density at radius 1 is 1.62 bits per heavy atom. The Balaban J connectivity index is 2.04. The van der Waals surface area contributed by atoms with Crippen LogP contribution in [0.25, 0.3) is 0 Å². The van der Waals surface area contributed by atoms with Gasteiger partial charge in [-0.15, -0.1) is 0 Å². The van der Waals surface area contributed by atoms with E-state index in [1.165, 1.54) is 0 Å². The van der Waals surface area contributed by atoms with E-state index in [2.05, 4.69) is 6.07 Å². The predicted octanol–water partition coefficient (Wildman–Crippen LogP) is 1.24. The van der Waals surface area contributed by atoms with Gasteiger partial charge in [-0.25, -0.2) is 0 Å². The summed E-state index contributed by atoms with van der Waals surface area (Å²) in [6, 6.07) is 8.24. The van der Waals surface area contributed by atoms with Crippen molar-refractivity contribution in [2.45, 2.75) is 12.5 Å². The highest BCUT2D eigenvalue weighted by molar-refractivity contribution is 5.51. The van der Waals surface area contributed by atoms with Gasteiger partial charge in [-0.1, -0.05) is 6.07 Å². The van der Waals surface area contributed by atoms with Gasteiger partial charge < -0.3 is 15.2 Å². The summed E-state index contributed by atoms with van der Waals surface area (Å²) in [5.74, 6) is 0.706. The first kappa shape index (κ1) is 8.38. The van der Waals surface area contributed by atoms with Crippen LogP contribution in [0.3, 0.4) is 0 Å². The Hall–Kier alpha value is -1.22. The molecule has 1 unspecified atom stereocenters. The number of nitrogen functional groups attached to an aromatic ring is 1. The number of hydrogen-bond donors (Lipinski definition) is 1. The van der Waals surface area contributed by atoms with Gasteiger partial charge >= 0.3 is 0 Å². The van der Waals surface area contributed by atoms with Gasteiger partial charge in [0.15, 0.2) is 0 Å². The van der Waals surface area contributed by atoms with Crippen LogP contribution < -0.4 is 10.5 Å². The van der Waals surface area contributed by atoms with Crippen LogP contribution in [-0.4, -0.2) is 19.3 Å². The average Bonchev–Trinajstić information content (AvgIpc) is 2.61. The molecular formula is C10H12NO2. The Labute approximate surface area is 77.5 Å². The summed E-state index contributed by atoms with van der Waals surface area (Å²) in [4.78, 5) is 0. The van der Waals surface area contributed by atoms with Crippen molar-refractivity contribution < 1.29 is 9.47 Å². The van der Waals surface area contributed by atoms with Crippen LogP contribution in [0.4, 0.5) is 5.69 Å². The molecule has 3 heteroatoms. The molecule has 1 aliphatic rings. The number of ether oxygens (including phenoxy) is 2. The number of hydrogen-bond acceptors (Lipinski definition) is 3. The third-order valence-electron chi connectivity index (χ3n) is 2.04. The molecular weight excluding hydrogens is 166 g/mol. The minimum absolute atomic E-state index is 0.151. The number of nitrogens with two attached hydrogens (primary N) is 1. The van der Waals surface area contributed by atoms with Crippen molar-refractivity contribution in [1.29, 1.82) is 0 Å². The summed E-state index contributed by atoms with van der Waals surface area (Å²) in [6.45, 7) is 1.44. The second-order valence-electron chi connectivity index (χ2n) is 3.07. The van der Waals surface area contributed by atoms with Crippen LogP contribution in [0.1, 0.15) is 6.42 Å². The minimum Gasteiger partial charge on any atom is -0.486 e. The average molecular weight is 178 g/mol. The van der Waals surface area contributed by atoms with Crippen molar-refractivity contribution in [2.75, 3.05) is 18.9 Å². The molecule has 0 bridgehead atoms. The topological polar surface area (TPSA) is 44.5 Å². The van der Waals surface area contributed by atoms with E-state index in [4.69, 9.17) is 15.2 Å². The molecule has 0 amide bonds. The molecule has 1 heterocycles. The van der Waals surface area contributed by atoms with Crippen LogP contribution >= 0.6 is 0 Å². The third kappa shape index (κ3) is 1.92. The van der Waals surface area contributed by atoms with E-state index in [-0.39, 0.29) is 6.10 Å². The van der Waals surface area contributed by atoms with Gasteiger partial charge in [0.1, 0.15) is 11.9 Å². The molecule has 1 aromatic rings. The molecule has 1 radical (unpaired) electrons. The highest BCUT2D eigenvalue weighted by Gasteiger charge is 2.17. The quantitative estimate of drug-likeness (QED) is 0.693. The molecule has 1 saturated heterocycles. The third-order valence-corrected chi connectivity index (χ3v) is 2.04. The first-order valence-electron chi connectivity index (χ1n) is 4.36. The van der Waals surface area contributed by atoms with Crippen LogP contribution in [-0.2, 0) is 4.74 Å². The van der Waals surface area contributed by atoms with E-state index >= 15 is 0 Å². The van der Waals surface area contributed by atoms with Gasteiger partial charge in [0.25, 0.3) is 0 Å². The van der Waals surface area contributed by atoms with E-state index in [0.29, 0.717) is 18.0 Å². The maximum Gasteiger partial charge on any atom is 0.143 e. The van der Waals surface area contributed by atoms with E-state index < -0.39 is 0 Å². The Morgan fingerprint density at radius 3 is 3.23 bits per heavy atom. The van der Waals surface area contributed by atoms with Gasteiger partial charge in [-0.05, 0) is 18.2 Å². The lowest BCUT2D eigenvalue weighted by Gasteiger charge is -2.12. The smallest absolute Gasteiger partial charge is 0.143 e. The number of rotatable bonds is 2. The van der Waals surface area contributed by atoms with Crippen molar-refractivity contribution in [3.8, 4) is 5.75 Å². The molecule has 3 nitrogen and oxygen atoms in total. The second kappa shape index (κ2) is 3.66. The van der Waals surface area contributed by atoms with Crippen LogP contribution in [0.5, 0.6) is 5.75 Å².